The predicted octanol–water partition coefficient (Wildman–Crippen LogP) is 2.74. The maximum absolute atomic E-state index is 10.9. The van der Waals surface area contributed by atoms with E-state index in [1.807, 2.05) is 19.1 Å². The van der Waals surface area contributed by atoms with E-state index in [-0.39, 0.29) is 5.82 Å². The van der Waals surface area contributed by atoms with Gasteiger partial charge in [0.2, 0.25) is 12.6 Å². The van der Waals surface area contributed by atoms with Crippen LogP contribution in [0.5, 0.6) is 5.88 Å². The van der Waals surface area contributed by atoms with Crippen molar-refractivity contribution in [3.63, 3.8) is 0 Å². The molecule has 0 saturated carbocycles. The van der Waals surface area contributed by atoms with Gasteiger partial charge in [0, 0.05) is 30.3 Å². The van der Waals surface area contributed by atoms with Crippen LogP contribution in [0.2, 0.25) is 0 Å². The molecule has 172 valence electrons. The second-order valence-corrected chi connectivity index (χ2v) is 8.42. The number of anilines is 1. The maximum atomic E-state index is 10.9. The van der Waals surface area contributed by atoms with Gasteiger partial charge in [0.25, 0.3) is 5.82 Å². The van der Waals surface area contributed by atoms with Gasteiger partial charge in [-0.1, -0.05) is 11.2 Å². The zero-order valence-corrected chi connectivity index (χ0v) is 18.5. The molecule has 0 saturated heterocycles. The fourth-order valence-corrected chi connectivity index (χ4v) is 3.34. The molecule has 0 spiro atoms. The molecule has 0 atom stereocenters. The van der Waals surface area contributed by atoms with Crippen molar-refractivity contribution in [3.8, 4) is 17.2 Å². The summed E-state index contributed by atoms with van der Waals surface area (Å²) >= 11 is 0. The number of rotatable bonds is 9. The predicted molar refractivity (Wildman–Crippen MR) is 114 cm³/mol. The largest absolute Gasteiger partial charge is 0.473 e. The fraction of sp³-hybridized carbons (Fsp3) is 0.190. The van der Waals surface area contributed by atoms with Crippen LogP contribution in [-0.2, 0) is 28.8 Å². The zero-order valence-electron chi connectivity index (χ0n) is 17.6. The molecule has 0 fully saturated rings. The smallest absolute Gasteiger partial charge is 0.472 e. The van der Waals surface area contributed by atoms with Crippen LogP contribution in [0.4, 0.5) is 5.82 Å². The molecule has 0 bridgehead atoms. The van der Waals surface area contributed by atoms with Crippen molar-refractivity contribution in [2.45, 2.75) is 26.7 Å². The van der Waals surface area contributed by atoms with Crippen molar-refractivity contribution < 1.29 is 37.1 Å². The molecule has 4 aromatic rings. The lowest BCUT2D eigenvalue weighted by Gasteiger charge is -2.07. The van der Waals surface area contributed by atoms with E-state index in [0.717, 1.165) is 16.9 Å². The summed E-state index contributed by atoms with van der Waals surface area (Å²) in [5.41, 5.74) is 9.16. The Hall–Kier alpha value is -3.50. The summed E-state index contributed by atoms with van der Waals surface area (Å²) in [6, 6.07) is 10.6. The van der Waals surface area contributed by atoms with E-state index in [9.17, 15) is 4.57 Å². The average molecular weight is 473 g/mol. The highest BCUT2D eigenvalue weighted by Gasteiger charge is 2.20. The molecule has 12 heteroatoms. The first-order chi connectivity index (χ1) is 15.8. The molecular weight excluding hydrogens is 451 g/mol. The van der Waals surface area contributed by atoms with Crippen LogP contribution in [0.3, 0.4) is 0 Å². The Bertz CT molecular complexity index is 1280. The van der Waals surface area contributed by atoms with Crippen molar-refractivity contribution >= 4 is 13.6 Å². The van der Waals surface area contributed by atoms with E-state index < -0.39 is 14.6 Å². The Labute approximate surface area is 188 Å². The van der Waals surface area contributed by atoms with Gasteiger partial charge in [-0.2, -0.15) is 0 Å². The number of phosphoric ester groups is 1. The van der Waals surface area contributed by atoms with Crippen molar-refractivity contribution in [2.75, 3.05) is 5.73 Å². The first-order valence-corrected chi connectivity index (χ1v) is 11.4. The molecule has 4 N–H and O–H groups in total. The molecule has 33 heavy (non-hydrogen) atoms. The van der Waals surface area contributed by atoms with Gasteiger partial charge in [-0.15, -0.1) is 0 Å². The van der Waals surface area contributed by atoms with Gasteiger partial charge in [0.15, 0.2) is 5.76 Å². The normalized spacial score (nSPS) is 11.6. The third-order valence-corrected chi connectivity index (χ3v) is 5.28. The van der Waals surface area contributed by atoms with Crippen LogP contribution in [-0.4, -0.2) is 19.9 Å². The van der Waals surface area contributed by atoms with E-state index >= 15 is 0 Å². The van der Waals surface area contributed by atoms with Crippen LogP contribution < -0.4 is 15.0 Å². The van der Waals surface area contributed by atoms with E-state index in [0.29, 0.717) is 35.9 Å². The van der Waals surface area contributed by atoms with Crippen molar-refractivity contribution in [1.82, 2.24) is 10.1 Å². The van der Waals surface area contributed by atoms with Gasteiger partial charge in [0.1, 0.15) is 17.9 Å². The van der Waals surface area contributed by atoms with Crippen molar-refractivity contribution in [3.05, 3.63) is 77.6 Å². The number of hydrogen-bond donors (Lipinski definition) is 3. The summed E-state index contributed by atoms with van der Waals surface area (Å²) in [5.74, 6) is 1.94. The molecule has 0 aliphatic heterocycles. The summed E-state index contributed by atoms with van der Waals surface area (Å²) in [6.45, 7) is 1.84. The summed E-state index contributed by atoms with van der Waals surface area (Å²) < 4.78 is 33.2. The first-order valence-electron chi connectivity index (χ1n) is 9.83. The molecule has 11 nitrogen and oxygen atoms in total. The molecule has 4 heterocycles. The quantitative estimate of drug-likeness (QED) is 0.244. The molecule has 4 rings (SSSR count). The van der Waals surface area contributed by atoms with Gasteiger partial charge in [-0.3, -0.25) is 5.73 Å². The van der Waals surface area contributed by atoms with Gasteiger partial charge in [-0.05, 0) is 30.7 Å². The number of hydrogen-bond acceptors (Lipinski definition) is 8. The second kappa shape index (κ2) is 9.55. The van der Waals surface area contributed by atoms with Crippen LogP contribution in [0.15, 0.2) is 64.0 Å². The van der Waals surface area contributed by atoms with E-state index in [1.165, 1.54) is 10.8 Å². The molecular formula is C21H22N4O7P+. The number of aromatic nitrogens is 3. The summed E-state index contributed by atoms with van der Waals surface area (Å²) in [4.78, 5) is 22.1. The van der Waals surface area contributed by atoms with E-state index in [1.54, 1.807) is 36.7 Å². The van der Waals surface area contributed by atoms with Crippen LogP contribution in [0.1, 0.15) is 22.6 Å². The third-order valence-electron chi connectivity index (χ3n) is 4.83. The minimum atomic E-state index is -4.63. The summed E-state index contributed by atoms with van der Waals surface area (Å²) in [5, 5.41) is 4.08. The number of nitrogen functional groups attached to an aromatic ring is 1. The highest BCUT2D eigenvalue weighted by Crippen LogP contribution is 2.35. The Balaban J connectivity index is 1.41. The molecule has 4 aromatic heterocycles. The van der Waals surface area contributed by atoms with Gasteiger partial charge in [-0.25, -0.2) is 18.6 Å². The Kier molecular flexibility index (Phi) is 6.57. The highest BCUT2D eigenvalue weighted by atomic mass is 31.2. The minimum Gasteiger partial charge on any atom is -0.473 e. The lowest BCUT2D eigenvalue weighted by atomic mass is 10.1. The molecule has 0 aromatic carbocycles. The SMILES string of the molecule is Cc1occc1COc1ccc(Cc2cc(-c3ccc[n+](COP(=O)(O)O)c3N)on2)cn1. The molecule has 0 amide bonds. The van der Waals surface area contributed by atoms with Gasteiger partial charge >= 0.3 is 7.82 Å². The van der Waals surface area contributed by atoms with Crippen LogP contribution >= 0.6 is 7.82 Å². The number of furan rings is 1. The average Bonchev–Trinajstić information content (AvgIpc) is 3.41. The first kappa shape index (κ1) is 22.7. The Morgan fingerprint density at radius 2 is 2.09 bits per heavy atom. The number of nitrogens with two attached hydrogens (primary N) is 1. The van der Waals surface area contributed by atoms with E-state index in [2.05, 4.69) is 14.7 Å². The van der Waals surface area contributed by atoms with Gasteiger partial charge in [0.05, 0.1) is 18.2 Å². The molecule has 0 aliphatic rings. The van der Waals surface area contributed by atoms with Crippen molar-refractivity contribution in [2.24, 2.45) is 0 Å². The Morgan fingerprint density at radius 3 is 2.79 bits per heavy atom. The Morgan fingerprint density at radius 1 is 1.24 bits per heavy atom. The monoisotopic (exact) mass is 473 g/mol. The highest BCUT2D eigenvalue weighted by molar-refractivity contribution is 7.46. The molecule has 0 unspecified atom stereocenters. The zero-order chi connectivity index (χ0) is 23.4. The number of aryl methyl sites for hydroxylation is 1. The number of ether oxygens (including phenoxy) is 1. The van der Waals surface area contributed by atoms with Crippen LogP contribution in [0, 0.1) is 6.92 Å². The number of pyridine rings is 2. The number of nitrogens with zero attached hydrogens (tertiary/aromatic N) is 3. The minimum absolute atomic E-state index is 0.213. The lowest BCUT2D eigenvalue weighted by molar-refractivity contribution is -0.711. The topological polar surface area (TPSA) is 158 Å². The van der Waals surface area contributed by atoms with Gasteiger partial charge < -0.3 is 23.5 Å². The van der Waals surface area contributed by atoms with Crippen LogP contribution in [0.25, 0.3) is 11.3 Å². The molecule has 0 aliphatic carbocycles. The maximum Gasteiger partial charge on any atom is 0.472 e. The molecule has 0 radical (unpaired) electrons. The fourth-order valence-electron chi connectivity index (χ4n) is 3.07. The summed E-state index contributed by atoms with van der Waals surface area (Å²) in [6.07, 6.45) is 5.34. The third kappa shape index (κ3) is 5.85. The lowest BCUT2D eigenvalue weighted by Crippen LogP contribution is -2.38. The van der Waals surface area contributed by atoms with E-state index in [4.69, 9.17) is 29.2 Å². The summed E-state index contributed by atoms with van der Waals surface area (Å²) in [7, 11) is -4.63. The number of phosphoric acid groups is 1. The van der Waals surface area contributed by atoms with Crippen molar-refractivity contribution in [1.29, 1.82) is 0 Å². The second-order valence-electron chi connectivity index (χ2n) is 7.18. The standard InChI is InChI=1S/C21H21N4O7P/c1-14-16(6-8-29-14)12-30-20-5-4-15(11-23-20)9-17-10-19(32-24-17)18-3-2-7-25(21(18)22)13-31-33(26,27)28/h2-8,10-11,22H,9,12-13H2,1H3,(H2,26,27,28)/p+1.